The Bertz CT molecular complexity index is 1380. The van der Waals surface area contributed by atoms with Crippen LogP contribution in [0.4, 0.5) is 0 Å². The first-order valence-corrected chi connectivity index (χ1v) is 12.0. The molecule has 1 atom stereocenters. The zero-order valence-electron chi connectivity index (χ0n) is 17.3. The number of aromatic nitrogens is 1. The van der Waals surface area contributed by atoms with Crippen LogP contribution in [0, 0.1) is 0 Å². The van der Waals surface area contributed by atoms with Crippen molar-refractivity contribution in [3.05, 3.63) is 81.8 Å². The molecule has 0 bridgehead atoms. The molecule has 3 aromatic rings. The maximum Gasteiger partial charge on any atom is 0.338 e. The molecule has 32 heavy (non-hydrogen) atoms. The van der Waals surface area contributed by atoms with Crippen molar-refractivity contribution in [1.29, 1.82) is 0 Å². The van der Waals surface area contributed by atoms with E-state index in [2.05, 4.69) is 36.9 Å². The van der Waals surface area contributed by atoms with Gasteiger partial charge in [-0.3, -0.25) is 9.36 Å². The molecule has 0 saturated heterocycles. The molecule has 1 aliphatic heterocycles. The van der Waals surface area contributed by atoms with Gasteiger partial charge in [0.25, 0.3) is 5.56 Å². The van der Waals surface area contributed by atoms with Gasteiger partial charge in [-0.2, -0.15) is 0 Å². The molecule has 0 aliphatic carbocycles. The summed E-state index contributed by atoms with van der Waals surface area (Å²) in [5.41, 5.74) is 1.33. The third-order valence-corrected chi connectivity index (χ3v) is 7.58. The molecule has 0 unspecified atom stereocenters. The first kappa shape index (κ1) is 22.8. The summed E-state index contributed by atoms with van der Waals surface area (Å²) < 4.78 is 19.4. The van der Waals surface area contributed by atoms with Gasteiger partial charge in [0.2, 0.25) is 0 Å². The van der Waals surface area contributed by atoms with Crippen LogP contribution in [0.15, 0.2) is 64.9 Å². The van der Waals surface area contributed by atoms with E-state index in [1.807, 2.05) is 12.1 Å². The van der Waals surface area contributed by atoms with E-state index in [0.29, 0.717) is 36.8 Å². The minimum atomic E-state index is -0.673. The first-order chi connectivity index (χ1) is 15.3. The number of carbonyl (C=O) groups is 1. The Morgan fingerprint density at radius 2 is 2.03 bits per heavy atom. The number of rotatable bonds is 5. The number of hydrogen-bond donors (Lipinski definition) is 0. The van der Waals surface area contributed by atoms with Gasteiger partial charge in [0, 0.05) is 6.08 Å². The lowest BCUT2D eigenvalue weighted by Gasteiger charge is -2.24. The largest absolute Gasteiger partial charge is 0.497 e. The maximum absolute atomic E-state index is 13.5. The number of benzene rings is 1. The molecule has 0 N–H and O–H groups in total. The molecule has 4 rings (SSSR count). The number of nitrogens with zero attached hydrogens (tertiary/aromatic N) is 2. The van der Waals surface area contributed by atoms with Crippen LogP contribution < -0.4 is 19.6 Å². The number of carbonyl (C=O) groups excluding carboxylic acids is 1. The topological polar surface area (TPSA) is 83.0 Å². The average Bonchev–Trinajstić information content (AvgIpc) is 3.25. The molecule has 0 spiro atoms. The van der Waals surface area contributed by atoms with Gasteiger partial charge in [0.1, 0.15) is 11.5 Å². The highest BCUT2D eigenvalue weighted by atomic mass is 79.9. The number of fused-ring (bicyclic) bond motifs is 1. The predicted octanol–water partition coefficient (Wildman–Crippen LogP) is 3.92. The fraction of sp³-hybridized carbons (Fsp3) is 0.227. The smallest absolute Gasteiger partial charge is 0.338 e. The molecule has 7 nitrogen and oxygen atoms in total. The zero-order chi connectivity index (χ0) is 23.0. The van der Waals surface area contributed by atoms with Gasteiger partial charge in [-0.05, 0) is 69.5 Å². The van der Waals surface area contributed by atoms with Crippen LogP contribution in [0.3, 0.4) is 0 Å². The van der Waals surface area contributed by atoms with E-state index in [0.717, 1.165) is 10.0 Å². The summed E-state index contributed by atoms with van der Waals surface area (Å²) >= 11 is 7.91. The Hall–Kier alpha value is -2.43. The van der Waals surface area contributed by atoms with Gasteiger partial charge in [0.15, 0.2) is 9.47 Å². The van der Waals surface area contributed by atoms with E-state index in [1.54, 1.807) is 45.2 Å². The molecule has 0 fully saturated rings. The summed E-state index contributed by atoms with van der Waals surface area (Å²) in [6.07, 6.45) is 1.66. The molecule has 166 valence electrons. The van der Waals surface area contributed by atoms with Crippen molar-refractivity contribution in [2.24, 2.45) is 4.99 Å². The van der Waals surface area contributed by atoms with E-state index in [-0.39, 0.29) is 12.2 Å². The lowest BCUT2D eigenvalue weighted by atomic mass is 9.96. The summed E-state index contributed by atoms with van der Waals surface area (Å²) in [4.78, 5) is 31.4. The number of furan rings is 1. The SMILES string of the molecule is CCOC(=O)C1=C(C)N=c2s/c(=C/c3cc(Br)c(Br)o3)c(=O)n2[C@@H]1c1ccc(OC)cc1. The predicted molar refractivity (Wildman–Crippen MR) is 128 cm³/mol. The van der Waals surface area contributed by atoms with E-state index in [4.69, 9.17) is 13.9 Å². The van der Waals surface area contributed by atoms with Crippen LogP contribution in [0.5, 0.6) is 5.75 Å². The quantitative estimate of drug-likeness (QED) is 0.426. The molecule has 3 heterocycles. The maximum atomic E-state index is 13.5. The summed E-state index contributed by atoms with van der Waals surface area (Å²) in [7, 11) is 1.58. The van der Waals surface area contributed by atoms with Crippen LogP contribution >= 0.6 is 43.2 Å². The van der Waals surface area contributed by atoms with Crippen molar-refractivity contribution in [3.63, 3.8) is 0 Å². The number of thiazole rings is 1. The lowest BCUT2D eigenvalue weighted by Crippen LogP contribution is -2.39. The van der Waals surface area contributed by atoms with E-state index >= 15 is 0 Å². The Kier molecular flexibility index (Phi) is 6.55. The van der Waals surface area contributed by atoms with Crippen LogP contribution in [-0.2, 0) is 9.53 Å². The van der Waals surface area contributed by atoms with Crippen molar-refractivity contribution in [2.75, 3.05) is 13.7 Å². The average molecular weight is 582 g/mol. The van der Waals surface area contributed by atoms with Gasteiger partial charge in [-0.15, -0.1) is 0 Å². The Balaban J connectivity index is 1.94. The standard InChI is InChI=1S/C22H18Br2N2O5S/c1-4-30-21(28)17-11(2)25-22-26(18(17)12-5-7-13(29-3)8-6-12)20(27)16(32-22)10-14-9-15(23)19(24)31-14/h5-10,18H,4H2,1-3H3/b16-10+/t18-/m1/s1. The summed E-state index contributed by atoms with van der Waals surface area (Å²) in [5.74, 6) is 0.688. The number of ether oxygens (including phenoxy) is 2. The van der Waals surface area contributed by atoms with Crippen LogP contribution in [-0.4, -0.2) is 24.3 Å². The van der Waals surface area contributed by atoms with Gasteiger partial charge in [-0.1, -0.05) is 23.5 Å². The third-order valence-electron chi connectivity index (χ3n) is 4.89. The second kappa shape index (κ2) is 9.21. The summed E-state index contributed by atoms with van der Waals surface area (Å²) in [6, 6.07) is 8.34. The number of halogens is 2. The van der Waals surface area contributed by atoms with Crippen molar-refractivity contribution in [1.82, 2.24) is 4.57 Å². The lowest BCUT2D eigenvalue weighted by molar-refractivity contribution is -0.139. The molecule has 0 saturated carbocycles. The fourth-order valence-electron chi connectivity index (χ4n) is 3.46. The Morgan fingerprint density at radius 1 is 1.31 bits per heavy atom. The van der Waals surface area contributed by atoms with Crippen molar-refractivity contribution in [3.8, 4) is 5.75 Å². The van der Waals surface area contributed by atoms with E-state index < -0.39 is 12.0 Å². The second-order valence-corrected chi connectivity index (χ2v) is 9.43. The molecule has 1 aliphatic rings. The Morgan fingerprint density at radius 3 is 2.62 bits per heavy atom. The molecule has 0 amide bonds. The molecule has 10 heteroatoms. The molecular weight excluding hydrogens is 564 g/mol. The molecule has 1 aromatic carbocycles. The number of hydrogen-bond acceptors (Lipinski definition) is 7. The highest BCUT2D eigenvalue weighted by molar-refractivity contribution is 9.13. The number of allylic oxidation sites excluding steroid dienone is 1. The number of methoxy groups -OCH3 is 1. The summed E-state index contributed by atoms with van der Waals surface area (Å²) in [5, 5.41) is 0. The zero-order valence-corrected chi connectivity index (χ0v) is 21.3. The van der Waals surface area contributed by atoms with Crippen molar-refractivity contribution >= 4 is 55.2 Å². The van der Waals surface area contributed by atoms with Crippen LogP contribution in [0.2, 0.25) is 0 Å². The third kappa shape index (κ3) is 4.14. The van der Waals surface area contributed by atoms with Gasteiger partial charge in [-0.25, -0.2) is 9.79 Å². The number of esters is 1. The molecular formula is C22H18Br2N2O5S. The normalized spacial score (nSPS) is 16.0. The first-order valence-electron chi connectivity index (χ1n) is 9.62. The van der Waals surface area contributed by atoms with Crippen molar-refractivity contribution in [2.45, 2.75) is 19.9 Å². The minimum Gasteiger partial charge on any atom is -0.497 e. The molecule has 0 radical (unpaired) electrons. The van der Waals surface area contributed by atoms with Crippen LogP contribution in [0.25, 0.3) is 6.08 Å². The molecule has 2 aromatic heterocycles. The minimum absolute atomic E-state index is 0.220. The van der Waals surface area contributed by atoms with Crippen LogP contribution in [0.1, 0.15) is 31.2 Å². The summed E-state index contributed by atoms with van der Waals surface area (Å²) in [6.45, 7) is 3.71. The highest BCUT2D eigenvalue weighted by Crippen LogP contribution is 2.32. The van der Waals surface area contributed by atoms with Gasteiger partial charge >= 0.3 is 5.97 Å². The monoisotopic (exact) mass is 580 g/mol. The second-order valence-electron chi connectivity index (χ2n) is 6.85. The van der Waals surface area contributed by atoms with E-state index in [1.165, 1.54) is 15.9 Å². The van der Waals surface area contributed by atoms with Gasteiger partial charge in [0.05, 0.1) is 40.0 Å². The fourth-order valence-corrected chi connectivity index (χ4v) is 5.09. The van der Waals surface area contributed by atoms with Gasteiger partial charge < -0.3 is 13.9 Å². The van der Waals surface area contributed by atoms with Crippen molar-refractivity contribution < 1.29 is 18.7 Å². The highest BCUT2D eigenvalue weighted by Gasteiger charge is 2.33. The van der Waals surface area contributed by atoms with E-state index in [9.17, 15) is 9.59 Å². The Labute approximate surface area is 203 Å².